The minimum absolute atomic E-state index is 0.238. The lowest BCUT2D eigenvalue weighted by molar-refractivity contribution is 0.116. The topological polar surface area (TPSA) is 60.9 Å². The van der Waals surface area contributed by atoms with Gasteiger partial charge in [0.25, 0.3) is 0 Å². The van der Waals surface area contributed by atoms with Crippen LogP contribution in [0.2, 0.25) is 0 Å². The Balaban J connectivity index is 1.90. The van der Waals surface area contributed by atoms with Gasteiger partial charge in [0.1, 0.15) is 0 Å². The summed E-state index contributed by atoms with van der Waals surface area (Å²) in [6, 6.07) is 8.42. The van der Waals surface area contributed by atoms with Crippen LogP contribution in [-0.4, -0.2) is 28.0 Å². The fourth-order valence-corrected chi connectivity index (χ4v) is 2.22. The Labute approximate surface area is 126 Å². The maximum Gasteiger partial charge on any atom is 0.0695 e. The molecule has 2 aromatic rings. The summed E-state index contributed by atoms with van der Waals surface area (Å²) in [7, 11) is 0. The number of aryl methyl sites for hydroxylation is 1. The molecule has 0 radical (unpaired) electrons. The van der Waals surface area contributed by atoms with Crippen LogP contribution in [-0.2, 0) is 6.54 Å². The molecule has 0 saturated heterocycles. The molecule has 1 heterocycles. The number of benzene rings is 1. The molecule has 0 fully saturated rings. The molecule has 0 amide bonds. The average molecular weight is 287 g/mol. The Hall–Kier alpha value is -1.65. The number of aliphatic hydroxyl groups excluding tert-OH is 1. The summed E-state index contributed by atoms with van der Waals surface area (Å²) in [6.07, 6.45) is 2.40. The van der Waals surface area contributed by atoms with Gasteiger partial charge in [-0.05, 0) is 31.4 Å². The van der Waals surface area contributed by atoms with Crippen molar-refractivity contribution in [3.05, 3.63) is 41.6 Å². The first-order valence-electron chi connectivity index (χ1n) is 7.56. The Bertz CT molecular complexity index is 545. The Morgan fingerprint density at radius 1 is 1.24 bits per heavy atom. The number of nitrogens with one attached hydrogen (secondary N) is 2. The van der Waals surface area contributed by atoms with E-state index in [9.17, 15) is 5.11 Å². The number of rotatable bonds is 7. The number of hydrogen-bond donors (Lipinski definition) is 3. The Kier molecular flexibility index (Phi) is 5.53. The molecule has 21 heavy (non-hydrogen) atoms. The minimum Gasteiger partial charge on any atom is -0.393 e. The number of aliphatic hydroxyl groups is 1. The second kappa shape index (κ2) is 7.38. The summed E-state index contributed by atoms with van der Waals surface area (Å²) in [5, 5.41) is 20.4. The van der Waals surface area contributed by atoms with E-state index in [2.05, 4.69) is 46.7 Å². The predicted molar refractivity (Wildman–Crippen MR) is 85.9 cm³/mol. The zero-order chi connectivity index (χ0) is 15.2. The molecule has 4 heteroatoms. The van der Waals surface area contributed by atoms with Crippen LogP contribution in [0, 0.1) is 12.8 Å². The molecule has 114 valence electrons. The molecule has 0 aliphatic heterocycles. The molecule has 3 N–H and O–H groups in total. The van der Waals surface area contributed by atoms with Crippen molar-refractivity contribution >= 4 is 0 Å². The van der Waals surface area contributed by atoms with Gasteiger partial charge in [-0.1, -0.05) is 43.7 Å². The van der Waals surface area contributed by atoms with Gasteiger partial charge in [0.2, 0.25) is 0 Å². The van der Waals surface area contributed by atoms with E-state index in [0.717, 1.165) is 36.3 Å². The first-order chi connectivity index (χ1) is 10.1. The zero-order valence-corrected chi connectivity index (χ0v) is 13.1. The second-order valence-corrected chi connectivity index (χ2v) is 5.91. The van der Waals surface area contributed by atoms with Crippen molar-refractivity contribution in [2.24, 2.45) is 5.92 Å². The van der Waals surface area contributed by atoms with Gasteiger partial charge in [0.05, 0.1) is 18.0 Å². The maximum atomic E-state index is 9.78. The third-order valence-electron chi connectivity index (χ3n) is 3.76. The van der Waals surface area contributed by atoms with Gasteiger partial charge in [-0.25, -0.2) is 0 Å². The average Bonchev–Trinajstić information content (AvgIpc) is 2.92. The van der Waals surface area contributed by atoms with Gasteiger partial charge < -0.3 is 10.4 Å². The van der Waals surface area contributed by atoms with E-state index in [-0.39, 0.29) is 6.10 Å². The lowest BCUT2D eigenvalue weighted by Gasteiger charge is -2.14. The minimum atomic E-state index is -0.238. The molecule has 1 aromatic carbocycles. The van der Waals surface area contributed by atoms with Crippen LogP contribution >= 0.6 is 0 Å². The molecule has 1 unspecified atom stereocenters. The fraction of sp³-hybridized carbons (Fsp3) is 0.471. The molecular formula is C17H25N3O. The van der Waals surface area contributed by atoms with E-state index in [1.54, 1.807) is 0 Å². The van der Waals surface area contributed by atoms with Crippen molar-refractivity contribution in [1.29, 1.82) is 0 Å². The number of H-pyrrole nitrogens is 1. The van der Waals surface area contributed by atoms with Crippen LogP contribution in [0.3, 0.4) is 0 Å². The van der Waals surface area contributed by atoms with Crippen LogP contribution in [0.5, 0.6) is 0 Å². The van der Waals surface area contributed by atoms with Gasteiger partial charge in [0, 0.05) is 12.1 Å². The van der Waals surface area contributed by atoms with E-state index >= 15 is 0 Å². The fourth-order valence-electron chi connectivity index (χ4n) is 2.22. The summed E-state index contributed by atoms with van der Waals surface area (Å²) >= 11 is 0. The van der Waals surface area contributed by atoms with Crippen LogP contribution in [0.4, 0.5) is 0 Å². The lowest BCUT2D eigenvalue weighted by Crippen LogP contribution is -2.23. The van der Waals surface area contributed by atoms with Gasteiger partial charge in [-0.3, -0.25) is 5.10 Å². The van der Waals surface area contributed by atoms with E-state index in [1.807, 2.05) is 20.0 Å². The predicted octanol–water partition coefficient (Wildman–Crippen LogP) is 2.88. The highest BCUT2D eigenvalue weighted by Crippen LogP contribution is 2.21. The van der Waals surface area contributed by atoms with Crippen LogP contribution in [0.1, 0.15) is 31.4 Å². The molecule has 0 spiro atoms. The molecule has 0 bridgehead atoms. The van der Waals surface area contributed by atoms with Crippen molar-refractivity contribution in [3.8, 4) is 11.3 Å². The summed E-state index contributed by atoms with van der Waals surface area (Å²) in [5.41, 5.74) is 4.61. The van der Waals surface area contributed by atoms with Gasteiger partial charge >= 0.3 is 0 Å². The van der Waals surface area contributed by atoms with Crippen molar-refractivity contribution < 1.29 is 5.11 Å². The molecular weight excluding hydrogens is 262 g/mol. The van der Waals surface area contributed by atoms with Crippen LogP contribution in [0.15, 0.2) is 30.5 Å². The second-order valence-electron chi connectivity index (χ2n) is 5.91. The molecule has 0 saturated carbocycles. The van der Waals surface area contributed by atoms with Crippen LogP contribution < -0.4 is 5.32 Å². The van der Waals surface area contributed by atoms with E-state index in [4.69, 9.17) is 0 Å². The van der Waals surface area contributed by atoms with Gasteiger partial charge in [-0.2, -0.15) is 5.10 Å². The van der Waals surface area contributed by atoms with E-state index in [0.29, 0.717) is 5.92 Å². The molecule has 1 atom stereocenters. The lowest BCUT2D eigenvalue weighted by atomic mass is 10.0. The summed E-state index contributed by atoms with van der Waals surface area (Å²) in [5.74, 6) is 0.309. The first-order valence-corrected chi connectivity index (χ1v) is 7.56. The summed E-state index contributed by atoms with van der Waals surface area (Å²) < 4.78 is 0. The zero-order valence-electron chi connectivity index (χ0n) is 13.1. The van der Waals surface area contributed by atoms with Crippen molar-refractivity contribution in [2.75, 3.05) is 6.54 Å². The largest absolute Gasteiger partial charge is 0.393 e. The smallest absolute Gasteiger partial charge is 0.0695 e. The third kappa shape index (κ3) is 4.41. The number of hydrogen-bond acceptors (Lipinski definition) is 3. The Morgan fingerprint density at radius 3 is 2.62 bits per heavy atom. The van der Waals surface area contributed by atoms with Crippen molar-refractivity contribution in [2.45, 2.75) is 39.8 Å². The number of nitrogens with zero attached hydrogens (tertiary/aromatic N) is 1. The quantitative estimate of drug-likeness (QED) is 0.686. The highest BCUT2D eigenvalue weighted by Gasteiger charge is 2.10. The summed E-state index contributed by atoms with van der Waals surface area (Å²) in [4.78, 5) is 0. The van der Waals surface area contributed by atoms with Crippen molar-refractivity contribution in [3.63, 3.8) is 0 Å². The standard InChI is InChI=1S/C17H25N3O/c1-12(2)16(21)8-9-18-10-15-11-19-20-17(15)14-6-4-13(3)5-7-14/h4-7,11-12,16,18,21H,8-10H2,1-3H3,(H,19,20). The SMILES string of the molecule is Cc1ccc(-c2[nH]ncc2CNCCC(O)C(C)C)cc1. The van der Waals surface area contributed by atoms with Crippen molar-refractivity contribution in [1.82, 2.24) is 15.5 Å². The van der Waals surface area contributed by atoms with Gasteiger partial charge in [0.15, 0.2) is 0 Å². The summed E-state index contributed by atoms with van der Waals surface area (Å²) in [6.45, 7) is 7.72. The Morgan fingerprint density at radius 2 is 1.95 bits per heavy atom. The molecule has 1 aromatic heterocycles. The normalized spacial score (nSPS) is 12.8. The molecule has 0 aliphatic rings. The highest BCUT2D eigenvalue weighted by molar-refractivity contribution is 5.62. The third-order valence-corrected chi connectivity index (χ3v) is 3.76. The van der Waals surface area contributed by atoms with Crippen LogP contribution in [0.25, 0.3) is 11.3 Å². The van der Waals surface area contributed by atoms with Gasteiger partial charge in [-0.15, -0.1) is 0 Å². The number of aromatic amines is 1. The monoisotopic (exact) mass is 287 g/mol. The van der Waals surface area contributed by atoms with E-state index < -0.39 is 0 Å². The molecule has 4 nitrogen and oxygen atoms in total. The number of aromatic nitrogens is 2. The molecule has 0 aliphatic carbocycles. The van der Waals surface area contributed by atoms with E-state index in [1.165, 1.54) is 5.56 Å². The maximum absolute atomic E-state index is 9.78. The highest BCUT2D eigenvalue weighted by atomic mass is 16.3. The molecule has 2 rings (SSSR count). The first kappa shape index (κ1) is 15.7.